The number of anilines is 1. The molecule has 2 atom stereocenters. The number of pyridine rings is 1. The number of aromatic nitrogens is 7. The lowest BCUT2D eigenvalue weighted by molar-refractivity contribution is 0.183. The highest BCUT2D eigenvalue weighted by atomic mass is 35.5. The Morgan fingerprint density at radius 1 is 1.12 bits per heavy atom. The van der Waals surface area contributed by atoms with Crippen LogP contribution in [0.1, 0.15) is 30.4 Å². The van der Waals surface area contributed by atoms with Crippen molar-refractivity contribution in [1.29, 1.82) is 0 Å². The standard InChI is InChI=1S/C30H27ClN8O4/c31-21-3-7-26(38-17-33-35-36-38)24(13-21)20-11-23-6-8-27(39(23)28(40)12-20)29-32-14-25(34-29)19-1-4-22(5-2-19)37(30(41)42)15-18-9-10-43-16-18/h1-5,7,11-14,17-18,27H,6,8-10,15-16H2,(H,32,34)(H,41,42)/t18?,27-/m0/s1. The van der Waals surface area contributed by atoms with Crippen molar-refractivity contribution in [2.75, 3.05) is 24.7 Å². The molecule has 2 aromatic carbocycles. The summed E-state index contributed by atoms with van der Waals surface area (Å²) in [5.41, 5.74) is 5.24. The third kappa shape index (κ3) is 5.19. The number of carbonyl (C=O) groups is 1. The number of carboxylic acid groups (broad SMARTS) is 1. The average molecular weight is 599 g/mol. The van der Waals surface area contributed by atoms with Crippen LogP contribution < -0.4 is 10.5 Å². The molecule has 218 valence electrons. The second kappa shape index (κ2) is 11.1. The molecule has 5 aromatic rings. The van der Waals surface area contributed by atoms with E-state index in [2.05, 4.69) is 25.5 Å². The maximum atomic E-state index is 13.5. The van der Waals surface area contributed by atoms with Gasteiger partial charge in [0, 0.05) is 47.1 Å². The van der Waals surface area contributed by atoms with Gasteiger partial charge in [0.2, 0.25) is 0 Å². The number of halogens is 1. The van der Waals surface area contributed by atoms with Gasteiger partial charge in [-0.2, -0.15) is 4.68 Å². The number of tetrazole rings is 1. The second-order valence-electron chi connectivity index (χ2n) is 10.8. The zero-order chi connectivity index (χ0) is 29.5. The van der Waals surface area contributed by atoms with Crippen molar-refractivity contribution in [2.24, 2.45) is 5.92 Å². The molecule has 1 fully saturated rings. The Balaban J connectivity index is 1.14. The summed E-state index contributed by atoms with van der Waals surface area (Å²) < 4.78 is 8.74. The smallest absolute Gasteiger partial charge is 0.411 e. The first-order valence-electron chi connectivity index (χ1n) is 14.0. The van der Waals surface area contributed by atoms with Crippen LogP contribution in [0.4, 0.5) is 10.5 Å². The molecule has 43 heavy (non-hydrogen) atoms. The van der Waals surface area contributed by atoms with Crippen molar-refractivity contribution in [1.82, 2.24) is 34.7 Å². The topological polar surface area (TPSA) is 144 Å². The molecule has 2 aliphatic heterocycles. The number of benzene rings is 2. The summed E-state index contributed by atoms with van der Waals surface area (Å²) in [6, 6.07) is 16.1. The number of amides is 1. The molecule has 1 amide bonds. The molecular formula is C30H27ClN8O4. The first-order chi connectivity index (χ1) is 20.9. The number of ether oxygens (including phenoxy) is 1. The highest BCUT2D eigenvalue weighted by molar-refractivity contribution is 6.31. The van der Waals surface area contributed by atoms with Crippen LogP contribution >= 0.6 is 11.6 Å². The number of nitrogens with zero attached hydrogens (tertiary/aromatic N) is 7. The van der Waals surface area contributed by atoms with E-state index in [9.17, 15) is 14.7 Å². The van der Waals surface area contributed by atoms with Crippen LogP contribution in [0.2, 0.25) is 5.02 Å². The molecule has 2 N–H and O–H groups in total. The lowest BCUT2D eigenvalue weighted by Crippen LogP contribution is -2.34. The third-order valence-electron chi connectivity index (χ3n) is 8.10. The van der Waals surface area contributed by atoms with Gasteiger partial charge in [-0.25, -0.2) is 9.78 Å². The van der Waals surface area contributed by atoms with Crippen molar-refractivity contribution in [3.8, 4) is 28.1 Å². The number of nitrogens with one attached hydrogen (secondary N) is 1. The Morgan fingerprint density at radius 2 is 1.98 bits per heavy atom. The lowest BCUT2D eigenvalue weighted by atomic mass is 10.0. The zero-order valence-electron chi connectivity index (χ0n) is 22.9. The van der Waals surface area contributed by atoms with E-state index in [1.807, 2.05) is 24.3 Å². The van der Waals surface area contributed by atoms with Crippen LogP contribution in [0.3, 0.4) is 0 Å². The fourth-order valence-electron chi connectivity index (χ4n) is 5.97. The van der Waals surface area contributed by atoms with Gasteiger partial charge in [-0.05, 0) is 77.2 Å². The predicted octanol–water partition coefficient (Wildman–Crippen LogP) is 4.59. The quantitative estimate of drug-likeness (QED) is 0.277. The second-order valence-corrected chi connectivity index (χ2v) is 11.2. The molecule has 2 aliphatic rings. The Labute approximate surface area is 250 Å². The summed E-state index contributed by atoms with van der Waals surface area (Å²) >= 11 is 6.32. The number of aryl methyl sites for hydroxylation is 1. The third-order valence-corrected chi connectivity index (χ3v) is 8.33. The summed E-state index contributed by atoms with van der Waals surface area (Å²) in [5.74, 6) is 0.886. The van der Waals surface area contributed by atoms with Gasteiger partial charge in [-0.15, -0.1) is 5.10 Å². The first kappa shape index (κ1) is 27.0. The van der Waals surface area contributed by atoms with E-state index in [1.54, 1.807) is 45.8 Å². The number of imidazole rings is 1. The highest BCUT2D eigenvalue weighted by Gasteiger charge is 2.28. The van der Waals surface area contributed by atoms with Crippen LogP contribution in [0.25, 0.3) is 28.1 Å². The van der Waals surface area contributed by atoms with Crippen LogP contribution in [-0.4, -0.2) is 65.7 Å². The van der Waals surface area contributed by atoms with E-state index in [4.69, 9.17) is 16.3 Å². The van der Waals surface area contributed by atoms with Crippen LogP contribution in [0.15, 0.2) is 71.9 Å². The molecule has 1 unspecified atom stereocenters. The molecule has 13 heteroatoms. The molecule has 1 saturated heterocycles. The summed E-state index contributed by atoms with van der Waals surface area (Å²) in [6.07, 6.45) is 4.54. The van der Waals surface area contributed by atoms with Gasteiger partial charge < -0.3 is 19.4 Å². The minimum Gasteiger partial charge on any atom is -0.465 e. The normalized spacial score (nSPS) is 17.7. The Morgan fingerprint density at radius 3 is 2.72 bits per heavy atom. The molecule has 0 saturated carbocycles. The van der Waals surface area contributed by atoms with Crippen LogP contribution in [-0.2, 0) is 11.2 Å². The van der Waals surface area contributed by atoms with Gasteiger partial charge in [-0.1, -0.05) is 23.7 Å². The fourth-order valence-corrected chi connectivity index (χ4v) is 6.15. The molecule has 0 aliphatic carbocycles. The molecule has 0 spiro atoms. The fraction of sp³-hybridized carbons (Fsp3) is 0.267. The number of rotatable bonds is 7. The summed E-state index contributed by atoms with van der Waals surface area (Å²) in [6.45, 7) is 1.65. The van der Waals surface area contributed by atoms with Gasteiger partial charge in [0.15, 0.2) is 0 Å². The summed E-state index contributed by atoms with van der Waals surface area (Å²) in [5, 5.41) is 21.8. The molecular weight excluding hydrogens is 572 g/mol. The first-order valence-corrected chi connectivity index (χ1v) is 14.3. The van der Waals surface area contributed by atoms with Crippen molar-refractivity contribution >= 4 is 23.4 Å². The van der Waals surface area contributed by atoms with Gasteiger partial charge in [0.05, 0.1) is 30.2 Å². The molecule has 0 radical (unpaired) electrons. The summed E-state index contributed by atoms with van der Waals surface area (Å²) in [4.78, 5) is 34.8. The lowest BCUT2D eigenvalue weighted by Gasteiger charge is -2.22. The minimum absolute atomic E-state index is 0.138. The molecule has 7 rings (SSSR count). The number of hydrogen-bond acceptors (Lipinski definition) is 7. The van der Waals surface area contributed by atoms with E-state index in [-0.39, 0.29) is 17.5 Å². The number of hydrogen-bond donors (Lipinski definition) is 2. The van der Waals surface area contributed by atoms with E-state index in [1.165, 1.54) is 11.2 Å². The predicted molar refractivity (Wildman–Crippen MR) is 159 cm³/mol. The maximum Gasteiger partial charge on any atom is 0.411 e. The van der Waals surface area contributed by atoms with E-state index < -0.39 is 6.09 Å². The monoisotopic (exact) mass is 598 g/mol. The minimum atomic E-state index is -0.987. The maximum absolute atomic E-state index is 13.5. The van der Waals surface area contributed by atoms with Gasteiger partial charge >= 0.3 is 6.09 Å². The van der Waals surface area contributed by atoms with E-state index in [0.717, 1.165) is 40.9 Å². The molecule has 5 heterocycles. The van der Waals surface area contributed by atoms with Crippen LogP contribution in [0, 0.1) is 5.92 Å². The molecule has 0 bridgehead atoms. The van der Waals surface area contributed by atoms with E-state index in [0.29, 0.717) is 48.4 Å². The van der Waals surface area contributed by atoms with E-state index >= 15 is 0 Å². The largest absolute Gasteiger partial charge is 0.465 e. The molecule has 12 nitrogen and oxygen atoms in total. The summed E-state index contributed by atoms with van der Waals surface area (Å²) in [7, 11) is 0. The average Bonchev–Trinajstić information content (AvgIpc) is 3.83. The number of fused-ring (bicyclic) bond motifs is 1. The Bertz CT molecular complexity index is 1840. The van der Waals surface area contributed by atoms with Crippen molar-refractivity contribution in [3.05, 3.63) is 94.0 Å². The number of aromatic amines is 1. The van der Waals surface area contributed by atoms with Gasteiger partial charge in [-0.3, -0.25) is 9.69 Å². The molecule has 3 aromatic heterocycles. The SMILES string of the molecule is O=C(O)N(CC1CCOC1)c1ccc(-c2cnc([C@@H]3CCc4cc(-c5cc(Cl)ccc5-n5cnnn5)cc(=O)n43)[nH]2)cc1. The number of H-pyrrole nitrogens is 1. The zero-order valence-corrected chi connectivity index (χ0v) is 23.7. The highest BCUT2D eigenvalue weighted by Crippen LogP contribution is 2.34. The Kier molecular flexibility index (Phi) is 6.99. The Hall–Kier alpha value is -4.81. The van der Waals surface area contributed by atoms with Gasteiger partial charge in [0.25, 0.3) is 5.56 Å². The van der Waals surface area contributed by atoms with Gasteiger partial charge in [0.1, 0.15) is 12.2 Å². The van der Waals surface area contributed by atoms with Crippen molar-refractivity contribution < 1.29 is 14.6 Å². The van der Waals surface area contributed by atoms with Crippen LogP contribution in [0.5, 0.6) is 0 Å². The van der Waals surface area contributed by atoms with Crippen molar-refractivity contribution in [2.45, 2.75) is 25.3 Å². The van der Waals surface area contributed by atoms with Crippen molar-refractivity contribution in [3.63, 3.8) is 0 Å².